The number of nitrogens with one attached hydrogen (secondary N) is 1. The monoisotopic (exact) mass is 267 g/mol. The van der Waals surface area contributed by atoms with Gasteiger partial charge in [0, 0.05) is 12.4 Å². The van der Waals surface area contributed by atoms with Crippen molar-refractivity contribution >= 4 is 28.9 Å². The van der Waals surface area contributed by atoms with Crippen LogP contribution in [0.5, 0.6) is 0 Å². The SMILES string of the molecule is CC(Nc1c(Cl)cccc1Cl)c1cnccn1. The van der Waals surface area contributed by atoms with Crippen molar-refractivity contribution in [1.82, 2.24) is 9.97 Å². The third-order valence-corrected chi connectivity index (χ3v) is 2.98. The van der Waals surface area contributed by atoms with E-state index in [1.54, 1.807) is 30.7 Å². The van der Waals surface area contributed by atoms with Gasteiger partial charge in [0.15, 0.2) is 0 Å². The topological polar surface area (TPSA) is 37.8 Å². The zero-order valence-electron chi connectivity index (χ0n) is 9.19. The van der Waals surface area contributed by atoms with E-state index in [2.05, 4.69) is 15.3 Å². The van der Waals surface area contributed by atoms with E-state index >= 15 is 0 Å². The van der Waals surface area contributed by atoms with Crippen molar-refractivity contribution in [3.63, 3.8) is 0 Å². The average molecular weight is 268 g/mol. The summed E-state index contributed by atoms with van der Waals surface area (Å²) in [6.07, 6.45) is 5.00. The van der Waals surface area contributed by atoms with Crippen molar-refractivity contribution in [1.29, 1.82) is 0 Å². The Morgan fingerprint density at radius 1 is 1.18 bits per heavy atom. The predicted molar refractivity (Wildman–Crippen MR) is 70.5 cm³/mol. The molecular weight excluding hydrogens is 257 g/mol. The van der Waals surface area contributed by atoms with Crippen LogP contribution in [0.25, 0.3) is 0 Å². The molecule has 0 aliphatic carbocycles. The van der Waals surface area contributed by atoms with Gasteiger partial charge in [-0.15, -0.1) is 0 Å². The summed E-state index contributed by atoms with van der Waals surface area (Å²) in [5, 5.41) is 4.41. The Bertz CT molecular complexity index is 482. The largest absolute Gasteiger partial charge is 0.374 e. The first-order chi connectivity index (χ1) is 8.18. The predicted octanol–water partition coefficient (Wildman–Crippen LogP) is 3.96. The van der Waals surface area contributed by atoms with Crippen LogP contribution in [0, 0.1) is 0 Å². The van der Waals surface area contributed by atoms with Gasteiger partial charge >= 0.3 is 0 Å². The molecule has 2 rings (SSSR count). The zero-order valence-corrected chi connectivity index (χ0v) is 10.7. The molecule has 5 heteroatoms. The van der Waals surface area contributed by atoms with E-state index in [1.807, 2.05) is 13.0 Å². The van der Waals surface area contributed by atoms with E-state index in [0.29, 0.717) is 15.7 Å². The molecule has 0 radical (unpaired) electrons. The fourth-order valence-electron chi connectivity index (χ4n) is 1.46. The van der Waals surface area contributed by atoms with Crippen LogP contribution >= 0.6 is 23.2 Å². The number of rotatable bonds is 3. The lowest BCUT2D eigenvalue weighted by atomic mass is 10.2. The summed E-state index contributed by atoms with van der Waals surface area (Å²) < 4.78 is 0. The highest BCUT2D eigenvalue weighted by Gasteiger charge is 2.11. The summed E-state index contributed by atoms with van der Waals surface area (Å²) in [6.45, 7) is 1.98. The Hall–Kier alpha value is -1.32. The number of hydrogen-bond acceptors (Lipinski definition) is 3. The molecule has 0 saturated carbocycles. The summed E-state index contributed by atoms with van der Waals surface area (Å²) in [6, 6.07) is 5.38. The van der Waals surface area contributed by atoms with Gasteiger partial charge in [0.1, 0.15) is 0 Å². The summed E-state index contributed by atoms with van der Waals surface area (Å²) in [4.78, 5) is 8.25. The smallest absolute Gasteiger partial charge is 0.0806 e. The Balaban J connectivity index is 2.22. The Labute approximate surface area is 110 Å². The molecule has 88 valence electrons. The normalized spacial score (nSPS) is 12.2. The van der Waals surface area contributed by atoms with Gasteiger partial charge in [-0.1, -0.05) is 29.3 Å². The highest BCUT2D eigenvalue weighted by molar-refractivity contribution is 6.39. The van der Waals surface area contributed by atoms with E-state index in [4.69, 9.17) is 23.2 Å². The molecule has 1 N–H and O–H groups in total. The Morgan fingerprint density at radius 3 is 2.47 bits per heavy atom. The van der Waals surface area contributed by atoms with Crippen molar-refractivity contribution in [3.05, 3.63) is 52.5 Å². The minimum absolute atomic E-state index is 0.0129. The van der Waals surface area contributed by atoms with Gasteiger partial charge in [0.05, 0.1) is 33.7 Å². The Kier molecular flexibility index (Phi) is 3.82. The molecule has 0 aliphatic rings. The maximum Gasteiger partial charge on any atom is 0.0806 e. The number of benzene rings is 1. The lowest BCUT2D eigenvalue weighted by Crippen LogP contribution is -2.09. The van der Waals surface area contributed by atoms with Crippen LogP contribution in [-0.4, -0.2) is 9.97 Å². The van der Waals surface area contributed by atoms with Crippen molar-refractivity contribution < 1.29 is 0 Å². The number of nitrogens with zero attached hydrogens (tertiary/aromatic N) is 2. The standard InChI is InChI=1S/C12H11Cl2N3/c1-8(11-7-15-5-6-16-11)17-12-9(13)3-2-4-10(12)14/h2-8,17H,1H3. The second-order valence-corrected chi connectivity index (χ2v) is 4.41. The van der Waals surface area contributed by atoms with E-state index < -0.39 is 0 Å². The molecule has 0 aliphatic heterocycles. The fraction of sp³-hybridized carbons (Fsp3) is 0.167. The number of anilines is 1. The molecule has 2 aromatic rings. The van der Waals surface area contributed by atoms with Gasteiger partial charge < -0.3 is 5.32 Å². The van der Waals surface area contributed by atoms with Crippen LogP contribution in [-0.2, 0) is 0 Å². The van der Waals surface area contributed by atoms with Gasteiger partial charge in [0.2, 0.25) is 0 Å². The molecule has 0 bridgehead atoms. The van der Waals surface area contributed by atoms with Crippen LogP contribution in [0.4, 0.5) is 5.69 Å². The molecule has 0 saturated heterocycles. The number of hydrogen-bond donors (Lipinski definition) is 1. The molecule has 1 unspecified atom stereocenters. The molecule has 3 nitrogen and oxygen atoms in total. The minimum atomic E-state index is -0.0129. The van der Waals surface area contributed by atoms with Crippen LogP contribution in [0.3, 0.4) is 0 Å². The second-order valence-electron chi connectivity index (χ2n) is 3.59. The molecule has 1 aromatic carbocycles. The molecule has 0 amide bonds. The van der Waals surface area contributed by atoms with E-state index in [1.165, 1.54) is 0 Å². The molecular formula is C12H11Cl2N3. The van der Waals surface area contributed by atoms with Crippen molar-refractivity contribution in [2.45, 2.75) is 13.0 Å². The average Bonchev–Trinajstić information content (AvgIpc) is 2.35. The minimum Gasteiger partial charge on any atom is -0.374 e. The van der Waals surface area contributed by atoms with Crippen molar-refractivity contribution in [2.75, 3.05) is 5.32 Å². The van der Waals surface area contributed by atoms with Gasteiger partial charge in [0.25, 0.3) is 0 Å². The van der Waals surface area contributed by atoms with Crippen LogP contribution in [0.1, 0.15) is 18.7 Å². The van der Waals surface area contributed by atoms with Gasteiger partial charge in [-0.25, -0.2) is 0 Å². The fourth-order valence-corrected chi connectivity index (χ4v) is 1.97. The summed E-state index contributed by atoms with van der Waals surface area (Å²) in [5.41, 5.74) is 1.55. The summed E-state index contributed by atoms with van der Waals surface area (Å²) >= 11 is 12.2. The van der Waals surface area contributed by atoms with Crippen molar-refractivity contribution in [2.24, 2.45) is 0 Å². The molecule has 0 spiro atoms. The first-order valence-corrected chi connectivity index (χ1v) is 5.90. The third-order valence-electron chi connectivity index (χ3n) is 2.35. The zero-order chi connectivity index (χ0) is 12.3. The number of para-hydroxylation sites is 1. The van der Waals surface area contributed by atoms with Gasteiger partial charge in [-0.2, -0.15) is 0 Å². The lowest BCUT2D eigenvalue weighted by molar-refractivity contribution is 0.827. The van der Waals surface area contributed by atoms with Crippen molar-refractivity contribution in [3.8, 4) is 0 Å². The maximum atomic E-state index is 6.08. The lowest BCUT2D eigenvalue weighted by Gasteiger charge is -2.16. The summed E-state index contributed by atoms with van der Waals surface area (Å²) in [5.74, 6) is 0. The van der Waals surface area contributed by atoms with Gasteiger partial charge in [-0.05, 0) is 19.1 Å². The molecule has 0 fully saturated rings. The number of halogens is 2. The van der Waals surface area contributed by atoms with Crippen LogP contribution in [0.2, 0.25) is 10.0 Å². The Morgan fingerprint density at radius 2 is 1.88 bits per heavy atom. The first kappa shape index (κ1) is 12.1. The molecule has 1 heterocycles. The van der Waals surface area contributed by atoms with E-state index in [9.17, 15) is 0 Å². The highest BCUT2D eigenvalue weighted by Crippen LogP contribution is 2.32. The summed E-state index contributed by atoms with van der Waals surface area (Å²) in [7, 11) is 0. The van der Waals surface area contributed by atoms with Gasteiger partial charge in [-0.3, -0.25) is 9.97 Å². The second kappa shape index (κ2) is 5.34. The molecule has 1 atom stereocenters. The molecule has 17 heavy (non-hydrogen) atoms. The first-order valence-electron chi connectivity index (χ1n) is 5.15. The quantitative estimate of drug-likeness (QED) is 0.915. The maximum absolute atomic E-state index is 6.08. The van der Waals surface area contributed by atoms with E-state index in [0.717, 1.165) is 5.69 Å². The third kappa shape index (κ3) is 2.87. The van der Waals surface area contributed by atoms with E-state index in [-0.39, 0.29) is 6.04 Å². The van der Waals surface area contributed by atoms with Crippen LogP contribution < -0.4 is 5.32 Å². The molecule has 1 aromatic heterocycles. The van der Waals surface area contributed by atoms with Crippen LogP contribution in [0.15, 0.2) is 36.8 Å². The number of aromatic nitrogens is 2. The highest BCUT2D eigenvalue weighted by atomic mass is 35.5.